The molecule has 0 aliphatic rings. The SMILES string of the molecule is CC(C)c1nnc(NC(=O)CS(=O)Cc2ccc(Br)cc2)s1. The maximum absolute atomic E-state index is 12.0. The van der Waals surface area contributed by atoms with Crippen LogP contribution in [0.15, 0.2) is 28.7 Å². The number of carbonyl (C=O) groups is 1. The zero-order valence-electron chi connectivity index (χ0n) is 12.2. The fraction of sp³-hybridized carbons (Fsp3) is 0.357. The maximum atomic E-state index is 12.0. The Morgan fingerprint density at radius 3 is 2.59 bits per heavy atom. The Bertz CT molecular complexity index is 671. The van der Waals surface area contributed by atoms with Gasteiger partial charge in [-0.05, 0) is 17.7 Å². The van der Waals surface area contributed by atoms with E-state index in [1.807, 2.05) is 38.1 Å². The molecule has 118 valence electrons. The van der Waals surface area contributed by atoms with Crippen LogP contribution >= 0.6 is 27.3 Å². The average molecular weight is 402 g/mol. The Kier molecular flexibility index (Phi) is 6.22. The van der Waals surface area contributed by atoms with E-state index in [1.165, 1.54) is 11.3 Å². The largest absolute Gasteiger partial charge is 0.300 e. The number of benzene rings is 1. The first-order valence-corrected chi connectivity index (χ1v) is 9.76. The van der Waals surface area contributed by atoms with Crippen molar-refractivity contribution >= 4 is 49.1 Å². The molecular formula is C14H16BrN3O2S2. The zero-order chi connectivity index (χ0) is 16.1. The molecule has 1 aromatic carbocycles. The Hall–Kier alpha value is -1.12. The smallest absolute Gasteiger partial charge is 0.238 e. The lowest BCUT2D eigenvalue weighted by Crippen LogP contribution is -2.20. The Morgan fingerprint density at radius 2 is 2.00 bits per heavy atom. The van der Waals surface area contributed by atoms with Gasteiger partial charge in [0.05, 0.1) is 0 Å². The van der Waals surface area contributed by atoms with Crippen LogP contribution in [0.4, 0.5) is 5.13 Å². The van der Waals surface area contributed by atoms with E-state index in [0.29, 0.717) is 10.9 Å². The topological polar surface area (TPSA) is 72.0 Å². The van der Waals surface area contributed by atoms with Crippen molar-refractivity contribution in [1.29, 1.82) is 0 Å². The van der Waals surface area contributed by atoms with Gasteiger partial charge < -0.3 is 0 Å². The first-order chi connectivity index (χ1) is 10.4. The molecular weight excluding hydrogens is 386 g/mol. The third kappa shape index (κ3) is 5.26. The van der Waals surface area contributed by atoms with Crippen LogP contribution in [0.5, 0.6) is 0 Å². The number of amides is 1. The second-order valence-corrected chi connectivity index (χ2v) is 8.39. The highest BCUT2D eigenvalue weighted by molar-refractivity contribution is 9.10. The molecule has 0 saturated heterocycles. The number of nitrogens with one attached hydrogen (secondary N) is 1. The Morgan fingerprint density at radius 1 is 1.32 bits per heavy atom. The summed E-state index contributed by atoms with van der Waals surface area (Å²) >= 11 is 4.69. The van der Waals surface area contributed by atoms with Crippen molar-refractivity contribution in [3.05, 3.63) is 39.3 Å². The lowest BCUT2D eigenvalue weighted by Gasteiger charge is -2.03. The number of hydrogen-bond donors (Lipinski definition) is 1. The molecule has 1 heterocycles. The van der Waals surface area contributed by atoms with Crippen LogP contribution in [0.25, 0.3) is 0 Å². The summed E-state index contributed by atoms with van der Waals surface area (Å²) in [6.07, 6.45) is 0. The molecule has 1 aromatic heterocycles. The first kappa shape index (κ1) is 17.2. The van der Waals surface area contributed by atoms with Crippen molar-refractivity contribution < 1.29 is 9.00 Å². The molecule has 0 radical (unpaired) electrons. The van der Waals surface area contributed by atoms with Crippen molar-refractivity contribution in [3.63, 3.8) is 0 Å². The van der Waals surface area contributed by atoms with Gasteiger partial charge in [-0.1, -0.05) is 53.2 Å². The van der Waals surface area contributed by atoms with Crippen LogP contribution in [-0.4, -0.2) is 26.1 Å². The fourth-order valence-corrected chi connectivity index (χ4v) is 3.69. The Labute approximate surface area is 144 Å². The summed E-state index contributed by atoms with van der Waals surface area (Å²) in [5, 5.41) is 11.9. The van der Waals surface area contributed by atoms with Crippen LogP contribution in [0, 0.1) is 0 Å². The van der Waals surface area contributed by atoms with E-state index in [9.17, 15) is 9.00 Å². The molecule has 1 atom stereocenters. The highest BCUT2D eigenvalue weighted by Crippen LogP contribution is 2.22. The number of carbonyl (C=O) groups excluding carboxylic acids is 1. The molecule has 0 aliphatic carbocycles. The minimum Gasteiger partial charge on any atom is -0.300 e. The molecule has 1 amide bonds. The van der Waals surface area contributed by atoms with Gasteiger partial charge in [0.25, 0.3) is 0 Å². The van der Waals surface area contributed by atoms with E-state index in [4.69, 9.17) is 0 Å². The molecule has 2 rings (SSSR count). The van der Waals surface area contributed by atoms with Crippen molar-refractivity contribution in [2.24, 2.45) is 0 Å². The first-order valence-electron chi connectivity index (χ1n) is 6.66. The lowest BCUT2D eigenvalue weighted by molar-refractivity contribution is -0.113. The zero-order valence-corrected chi connectivity index (χ0v) is 15.4. The second-order valence-electron chi connectivity index (χ2n) is 5.00. The number of rotatable bonds is 6. The maximum Gasteiger partial charge on any atom is 0.238 e. The molecule has 2 aromatic rings. The quantitative estimate of drug-likeness (QED) is 0.805. The van der Waals surface area contributed by atoms with Crippen LogP contribution in [-0.2, 0) is 21.3 Å². The van der Waals surface area contributed by atoms with Crippen LogP contribution in [0.1, 0.15) is 30.3 Å². The van der Waals surface area contributed by atoms with Crippen LogP contribution in [0.2, 0.25) is 0 Å². The lowest BCUT2D eigenvalue weighted by atomic mass is 10.2. The molecule has 5 nitrogen and oxygen atoms in total. The molecule has 22 heavy (non-hydrogen) atoms. The van der Waals surface area contributed by atoms with Crippen LogP contribution in [0.3, 0.4) is 0 Å². The summed E-state index contributed by atoms with van der Waals surface area (Å²) in [4.78, 5) is 11.9. The van der Waals surface area contributed by atoms with Crippen molar-refractivity contribution in [3.8, 4) is 0 Å². The monoisotopic (exact) mass is 401 g/mol. The number of nitrogens with zero attached hydrogens (tertiary/aromatic N) is 2. The van der Waals surface area contributed by atoms with E-state index in [2.05, 4.69) is 31.4 Å². The average Bonchev–Trinajstić information content (AvgIpc) is 2.89. The summed E-state index contributed by atoms with van der Waals surface area (Å²) in [6.45, 7) is 4.03. The summed E-state index contributed by atoms with van der Waals surface area (Å²) in [6, 6.07) is 7.56. The molecule has 1 N–H and O–H groups in total. The highest BCUT2D eigenvalue weighted by atomic mass is 79.9. The standard InChI is InChI=1S/C14H16BrN3O2S2/c1-9(2)13-17-18-14(21-13)16-12(19)8-22(20)7-10-3-5-11(15)6-4-10/h3-6,9H,7-8H2,1-2H3,(H,16,18,19). The molecule has 0 saturated carbocycles. The van der Waals surface area contributed by atoms with Crippen molar-refractivity contribution in [1.82, 2.24) is 10.2 Å². The second kappa shape index (κ2) is 7.94. The predicted octanol–water partition coefficient (Wildman–Crippen LogP) is 3.31. The predicted molar refractivity (Wildman–Crippen MR) is 93.5 cm³/mol. The molecule has 0 spiro atoms. The normalized spacial score (nSPS) is 12.4. The van der Waals surface area contributed by atoms with Crippen molar-refractivity contribution in [2.45, 2.75) is 25.5 Å². The van der Waals surface area contributed by atoms with Gasteiger partial charge in [0.15, 0.2) is 0 Å². The van der Waals surface area contributed by atoms with E-state index in [0.717, 1.165) is 15.0 Å². The summed E-state index contributed by atoms with van der Waals surface area (Å²) in [7, 11) is -1.25. The minimum atomic E-state index is -1.25. The van der Waals surface area contributed by atoms with E-state index < -0.39 is 10.8 Å². The third-order valence-corrected chi connectivity index (χ3v) is 5.62. The number of anilines is 1. The number of aromatic nitrogens is 2. The van der Waals surface area contributed by atoms with Gasteiger partial charge >= 0.3 is 0 Å². The summed E-state index contributed by atoms with van der Waals surface area (Å²) in [5.41, 5.74) is 0.937. The van der Waals surface area contributed by atoms with Gasteiger partial charge in [0.1, 0.15) is 10.8 Å². The van der Waals surface area contributed by atoms with E-state index in [1.54, 1.807) is 0 Å². The van der Waals surface area contributed by atoms with Gasteiger partial charge in [-0.15, -0.1) is 10.2 Å². The van der Waals surface area contributed by atoms with Gasteiger partial charge in [-0.2, -0.15) is 0 Å². The van der Waals surface area contributed by atoms with Crippen molar-refractivity contribution in [2.75, 3.05) is 11.1 Å². The van der Waals surface area contributed by atoms with Gasteiger partial charge in [0, 0.05) is 26.9 Å². The number of halogens is 1. The summed E-state index contributed by atoms with van der Waals surface area (Å²) < 4.78 is 13.0. The summed E-state index contributed by atoms with van der Waals surface area (Å²) in [5.74, 6) is 0.275. The van der Waals surface area contributed by atoms with Gasteiger partial charge in [0.2, 0.25) is 11.0 Å². The van der Waals surface area contributed by atoms with Gasteiger partial charge in [-0.3, -0.25) is 14.3 Å². The molecule has 1 unspecified atom stereocenters. The van der Waals surface area contributed by atoms with E-state index in [-0.39, 0.29) is 17.6 Å². The molecule has 0 aliphatic heterocycles. The van der Waals surface area contributed by atoms with Gasteiger partial charge in [-0.25, -0.2) is 0 Å². The molecule has 0 fully saturated rings. The molecule has 0 bridgehead atoms. The molecule has 8 heteroatoms. The third-order valence-electron chi connectivity index (χ3n) is 2.71. The van der Waals surface area contributed by atoms with Crippen LogP contribution < -0.4 is 5.32 Å². The van der Waals surface area contributed by atoms with E-state index >= 15 is 0 Å². The minimum absolute atomic E-state index is 0.0490. The fourth-order valence-electron chi connectivity index (χ4n) is 1.64. The Balaban J connectivity index is 1.85. The highest BCUT2D eigenvalue weighted by Gasteiger charge is 2.13. The number of hydrogen-bond acceptors (Lipinski definition) is 5.